The van der Waals surface area contributed by atoms with Crippen molar-refractivity contribution >= 4 is 0 Å². The smallest absolute Gasteiger partial charge is 0.0100 e. The van der Waals surface area contributed by atoms with E-state index in [4.69, 9.17) is 5.73 Å². The van der Waals surface area contributed by atoms with Gasteiger partial charge in [0.1, 0.15) is 0 Å². The van der Waals surface area contributed by atoms with Crippen molar-refractivity contribution < 1.29 is 0 Å². The van der Waals surface area contributed by atoms with Gasteiger partial charge in [-0.15, -0.1) is 0 Å². The Balaban J connectivity index is 1.92. The average Bonchev–Trinajstić information content (AvgIpc) is 2.37. The summed E-state index contributed by atoms with van der Waals surface area (Å²) in [6.07, 6.45) is 4.67. The molecule has 0 aliphatic carbocycles. The van der Waals surface area contributed by atoms with Crippen molar-refractivity contribution in [2.75, 3.05) is 13.1 Å². The quantitative estimate of drug-likeness (QED) is 0.857. The van der Waals surface area contributed by atoms with Gasteiger partial charge in [-0.05, 0) is 69.7 Å². The van der Waals surface area contributed by atoms with Crippen molar-refractivity contribution in [1.29, 1.82) is 0 Å². The van der Waals surface area contributed by atoms with Gasteiger partial charge in [-0.25, -0.2) is 0 Å². The van der Waals surface area contributed by atoms with Gasteiger partial charge in [0, 0.05) is 5.54 Å². The Kier molecular flexibility index (Phi) is 4.41. The molecule has 1 aliphatic rings. The third kappa shape index (κ3) is 4.11. The highest BCUT2D eigenvalue weighted by atomic mass is 14.9. The Labute approximate surface area is 111 Å². The Morgan fingerprint density at radius 1 is 1.17 bits per heavy atom. The molecular weight excluding hydrogens is 220 g/mol. The van der Waals surface area contributed by atoms with Crippen molar-refractivity contribution in [3.05, 3.63) is 35.4 Å². The Morgan fingerprint density at radius 2 is 1.78 bits per heavy atom. The Morgan fingerprint density at radius 3 is 2.33 bits per heavy atom. The Hall–Kier alpha value is -0.860. The fourth-order valence-corrected chi connectivity index (χ4v) is 2.58. The standard InChI is InChI=1S/C16H26N2/c1-16(2,17)10-7-13-3-5-14(6-4-13)15-8-11-18-12-9-15/h3-6,15,18H,7-12,17H2,1-2H3. The Bertz CT molecular complexity index is 356. The monoisotopic (exact) mass is 246 g/mol. The van der Waals surface area contributed by atoms with Crippen LogP contribution in [-0.2, 0) is 6.42 Å². The molecule has 0 atom stereocenters. The molecule has 0 aromatic heterocycles. The first-order valence-corrected chi connectivity index (χ1v) is 7.13. The molecule has 1 aromatic rings. The number of nitrogens with one attached hydrogen (secondary N) is 1. The number of hydrogen-bond donors (Lipinski definition) is 2. The van der Waals surface area contributed by atoms with Crippen LogP contribution in [-0.4, -0.2) is 18.6 Å². The van der Waals surface area contributed by atoms with E-state index in [2.05, 4.69) is 43.4 Å². The molecule has 3 N–H and O–H groups in total. The van der Waals surface area contributed by atoms with E-state index >= 15 is 0 Å². The first-order valence-electron chi connectivity index (χ1n) is 7.13. The molecule has 0 saturated carbocycles. The van der Waals surface area contributed by atoms with E-state index in [-0.39, 0.29) is 5.54 Å². The zero-order valence-corrected chi connectivity index (χ0v) is 11.7. The molecule has 1 aromatic carbocycles. The van der Waals surface area contributed by atoms with Gasteiger partial charge in [0.05, 0.1) is 0 Å². The fraction of sp³-hybridized carbons (Fsp3) is 0.625. The van der Waals surface area contributed by atoms with Gasteiger partial charge in [-0.1, -0.05) is 24.3 Å². The molecule has 0 bridgehead atoms. The molecule has 1 aliphatic heterocycles. The van der Waals surface area contributed by atoms with Crippen molar-refractivity contribution in [2.45, 2.75) is 51.0 Å². The van der Waals surface area contributed by atoms with Gasteiger partial charge in [-0.3, -0.25) is 0 Å². The molecule has 0 radical (unpaired) electrons. The molecule has 100 valence electrons. The second-order valence-corrected chi connectivity index (χ2v) is 6.25. The van der Waals surface area contributed by atoms with E-state index in [1.165, 1.54) is 24.0 Å². The van der Waals surface area contributed by atoms with Gasteiger partial charge >= 0.3 is 0 Å². The van der Waals surface area contributed by atoms with Crippen molar-refractivity contribution in [3.8, 4) is 0 Å². The predicted octanol–water partition coefficient (Wildman–Crippen LogP) is 2.82. The minimum absolute atomic E-state index is 0.0618. The molecule has 0 spiro atoms. The molecule has 18 heavy (non-hydrogen) atoms. The summed E-state index contributed by atoms with van der Waals surface area (Å²) in [6, 6.07) is 9.19. The van der Waals surface area contributed by atoms with E-state index in [1.807, 2.05) is 0 Å². The lowest BCUT2D eigenvalue weighted by atomic mass is 9.89. The van der Waals surface area contributed by atoms with Gasteiger partial charge in [0.15, 0.2) is 0 Å². The summed E-state index contributed by atoms with van der Waals surface area (Å²) >= 11 is 0. The number of hydrogen-bond acceptors (Lipinski definition) is 2. The van der Waals surface area contributed by atoms with Crippen LogP contribution in [0.1, 0.15) is 50.2 Å². The van der Waals surface area contributed by atoms with E-state index < -0.39 is 0 Å². The molecular formula is C16H26N2. The third-order valence-corrected chi connectivity index (χ3v) is 3.85. The lowest BCUT2D eigenvalue weighted by Crippen LogP contribution is -2.32. The summed E-state index contributed by atoms with van der Waals surface area (Å²) < 4.78 is 0. The molecule has 1 heterocycles. The molecule has 2 heteroatoms. The van der Waals surface area contributed by atoms with E-state index in [9.17, 15) is 0 Å². The van der Waals surface area contributed by atoms with Crippen LogP contribution in [0.3, 0.4) is 0 Å². The van der Waals surface area contributed by atoms with Crippen LogP contribution in [0.4, 0.5) is 0 Å². The fourth-order valence-electron chi connectivity index (χ4n) is 2.58. The second kappa shape index (κ2) is 5.85. The topological polar surface area (TPSA) is 38.0 Å². The minimum atomic E-state index is -0.0618. The zero-order chi connectivity index (χ0) is 13.0. The molecule has 2 nitrogen and oxygen atoms in total. The highest BCUT2D eigenvalue weighted by Gasteiger charge is 2.15. The number of nitrogens with two attached hydrogens (primary N) is 1. The van der Waals surface area contributed by atoms with Gasteiger partial charge in [-0.2, -0.15) is 0 Å². The van der Waals surface area contributed by atoms with Crippen molar-refractivity contribution in [2.24, 2.45) is 5.73 Å². The van der Waals surface area contributed by atoms with E-state index in [0.29, 0.717) is 0 Å². The van der Waals surface area contributed by atoms with Crippen LogP contribution in [0.25, 0.3) is 0 Å². The van der Waals surface area contributed by atoms with Gasteiger partial charge in [0.25, 0.3) is 0 Å². The van der Waals surface area contributed by atoms with Crippen LogP contribution in [0.2, 0.25) is 0 Å². The molecule has 0 unspecified atom stereocenters. The van der Waals surface area contributed by atoms with Crippen LogP contribution in [0.5, 0.6) is 0 Å². The summed E-state index contributed by atoms with van der Waals surface area (Å²) in [5.41, 5.74) is 8.88. The lowest BCUT2D eigenvalue weighted by Gasteiger charge is -2.23. The van der Waals surface area contributed by atoms with Gasteiger partial charge < -0.3 is 11.1 Å². The zero-order valence-electron chi connectivity index (χ0n) is 11.7. The van der Waals surface area contributed by atoms with Crippen molar-refractivity contribution in [3.63, 3.8) is 0 Å². The first-order chi connectivity index (χ1) is 8.54. The average molecular weight is 246 g/mol. The number of piperidine rings is 1. The summed E-state index contributed by atoms with van der Waals surface area (Å²) in [5, 5.41) is 3.42. The summed E-state index contributed by atoms with van der Waals surface area (Å²) in [5.74, 6) is 0.756. The van der Waals surface area contributed by atoms with Gasteiger partial charge in [0.2, 0.25) is 0 Å². The maximum Gasteiger partial charge on any atom is 0.0100 e. The largest absolute Gasteiger partial charge is 0.326 e. The van der Waals surface area contributed by atoms with E-state index in [0.717, 1.165) is 31.8 Å². The normalized spacial score (nSPS) is 17.9. The van der Waals surface area contributed by atoms with E-state index in [1.54, 1.807) is 0 Å². The summed E-state index contributed by atoms with van der Waals surface area (Å²) in [4.78, 5) is 0. The highest BCUT2D eigenvalue weighted by molar-refractivity contribution is 5.26. The first kappa shape index (κ1) is 13.6. The number of aryl methyl sites for hydroxylation is 1. The minimum Gasteiger partial charge on any atom is -0.326 e. The SMILES string of the molecule is CC(C)(N)CCc1ccc(C2CCNCC2)cc1. The molecule has 2 rings (SSSR count). The predicted molar refractivity (Wildman–Crippen MR) is 77.9 cm³/mol. The summed E-state index contributed by atoms with van der Waals surface area (Å²) in [6.45, 7) is 6.51. The number of rotatable bonds is 4. The van der Waals surface area contributed by atoms with Crippen LogP contribution in [0, 0.1) is 0 Å². The van der Waals surface area contributed by atoms with Crippen molar-refractivity contribution in [1.82, 2.24) is 5.32 Å². The van der Waals surface area contributed by atoms with Crippen LogP contribution >= 0.6 is 0 Å². The number of benzene rings is 1. The van der Waals surface area contributed by atoms with Crippen LogP contribution in [0.15, 0.2) is 24.3 Å². The maximum absolute atomic E-state index is 6.02. The molecule has 1 saturated heterocycles. The second-order valence-electron chi connectivity index (χ2n) is 6.25. The molecule has 1 fully saturated rings. The third-order valence-electron chi connectivity index (χ3n) is 3.85. The highest BCUT2D eigenvalue weighted by Crippen LogP contribution is 2.25. The summed E-state index contributed by atoms with van der Waals surface area (Å²) in [7, 11) is 0. The molecule has 0 amide bonds. The maximum atomic E-state index is 6.02. The van der Waals surface area contributed by atoms with Crippen LogP contribution < -0.4 is 11.1 Å². The lowest BCUT2D eigenvalue weighted by molar-refractivity contribution is 0.460.